The minimum atomic E-state index is 0.595. The van der Waals surface area contributed by atoms with Crippen LogP contribution in [0.5, 0.6) is 0 Å². The lowest BCUT2D eigenvalue weighted by molar-refractivity contribution is -0.00278. The molecular formula is C12H23N5. The molecule has 1 heterocycles. The van der Waals surface area contributed by atoms with Gasteiger partial charge in [-0.05, 0) is 12.8 Å². The van der Waals surface area contributed by atoms with Crippen LogP contribution >= 0.6 is 0 Å². The van der Waals surface area contributed by atoms with E-state index in [1.165, 1.54) is 25.7 Å². The van der Waals surface area contributed by atoms with Crippen LogP contribution in [0.15, 0.2) is 16.4 Å². The number of rotatable bonds is 4. The largest absolute Gasteiger partial charge is 0.385 e. The van der Waals surface area contributed by atoms with Gasteiger partial charge in [-0.2, -0.15) is 0 Å². The van der Waals surface area contributed by atoms with E-state index in [0.29, 0.717) is 12.7 Å². The van der Waals surface area contributed by atoms with Crippen molar-refractivity contribution < 1.29 is 0 Å². The molecule has 1 aliphatic heterocycles. The number of nitrogens with zero attached hydrogens (tertiary/aromatic N) is 3. The van der Waals surface area contributed by atoms with Gasteiger partial charge in [0, 0.05) is 38.5 Å². The summed E-state index contributed by atoms with van der Waals surface area (Å²) in [6.07, 6.45) is 7.21. The van der Waals surface area contributed by atoms with E-state index in [2.05, 4.69) is 34.4 Å². The monoisotopic (exact) mass is 237 g/mol. The van der Waals surface area contributed by atoms with E-state index < -0.39 is 0 Å². The SMILES string of the molecule is CN(CC1=C(N)NCN=C1)N(C)C1CCCC1. The second kappa shape index (κ2) is 5.51. The van der Waals surface area contributed by atoms with E-state index in [1.54, 1.807) is 0 Å². The highest BCUT2D eigenvalue weighted by Crippen LogP contribution is 2.23. The Morgan fingerprint density at radius 1 is 1.41 bits per heavy atom. The summed E-state index contributed by atoms with van der Waals surface area (Å²) in [7, 11) is 4.28. The summed E-state index contributed by atoms with van der Waals surface area (Å²) in [6, 6.07) is 0.690. The molecule has 0 radical (unpaired) electrons. The van der Waals surface area contributed by atoms with E-state index >= 15 is 0 Å². The number of nitrogens with two attached hydrogens (primary N) is 1. The zero-order valence-corrected chi connectivity index (χ0v) is 10.8. The van der Waals surface area contributed by atoms with Gasteiger partial charge in [0.25, 0.3) is 0 Å². The number of hydrazine groups is 1. The van der Waals surface area contributed by atoms with Gasteiger partial charge in [0.15, 0.2) is 0 Å². The third kappa shape index (κ3) is 2.98. The maximum absolute atomic E-state index is 5.91. The molecule has 2 rings (SSSR count). The fourth-order valence-corrected chi connectivity index (χ4v) is 2.51. The van der Waals surface area contributed by atoms with Gasteiger partial charge in [-0.3, -0.25) is 4.99 Å². The van der Waals surface area contributed by atoms with Gasteiger partial charge in [-0.25, -0.2) is 10.0 Å². The van der Waals surface area contributed by atoms with Crippen LogP contribution in [-0.2, 0) is 0 Å². The highest BCUT2D eigenvalue weighted by atomic mass is 15.6. The quantitative estimate of drug-likeness (QED) is 0.700. The van der Waals surface area contributed by atoms with E-state index in [4.69, 9.17) is 5.73 Å². The van der Waals surface area contributed by atoms with Crippen molar-refractivity contribution in [2.45, 2.75) is 31.7 Å². The molecule has 0 aromatic heterocycles. The molecule has 0 amide bonds. The molecule has 1 saturated carbocycles. The van der Waals surface area contributed by atoms with Gasteiger partial charge in [-0.1, -0.05) is 12.8 Å². The van der Waals surface area contributed by atoms with E-state index in [0.717, 1.165) is 17.9 Å². The highest BCUT2D eigenvalue weighted by Gasteiger charge is 2.23. The van der Waals surface area contributed by atoms with Crippen molar-refractivity contribution in [2.75, 3.05) is 27.3 Å². The van der Waals surface area contributed by atoms with E-state index in [1.807, 2.05) is 6.21 Å². The smallest absolute Gasteiger partial charge is 0.108 e. The van der Waals surface area contributed by atoms with Crippen LogP contribution < -0.4 is 11.1 Å². The molecule has 1 aliphatic carbocycles. The first-order chi connectivity index (χ1) is 8.18. The average molecular weight is 237 g/mol. The summed E-state index contributed by atoms with van der Waals surface area (Å²) >= 11 is 0. The molecule has 1 fully saturated rings. The number of nitrogens with one attached hydrogen (secondary N) is 1. The lowest BCUT2D eigenvalue weighted by atomic mass is 10.2. The Labute approximate surface area is 103 Å². The van der Waals surface area contributed by atoms with Gasteiger partial charge in [-0.15, -0.1) is 0 Å². The Hall–Kier alpha value is -1.07. The normalized spacial score (nSPS) is 21.6. The number of hydrogen-bond acceptors (Lipinski definition) is 5. The predicted molar refractivity (Wildman–Crippen MR) is 70.4 cm³/mol. The first kappa shape index (κ1) is 12.4. The van der Waals surface area contributed by atoms with Gasteiger partial charge in [0.1, 0.15) is 12.5 Å². The summed E-state index contributed by atoms with van der Waals surface area (Å²) in [5, 5.41) is 7.64. The molecule has 0 aromatic rings. The van der Waals surface area contributed by atoms with Gasteiger partial charge in [0.05, 0.1) is 0 Å². The maximum atomic E-state index is 5.91. The fourth-order valence-electron chi connectivity index (χ4n) is 2.51. The van der Waals surface area contributed by atoms with E-state index in [-0.39, 0.29) is 0 Å². The van der Waals surface area contributed by atoms with Gasteiger partial charge < -0.3 is 11.1 Å². The Balaban J connectivity index is 1.91. The molecular weight excluding hydrogens is 214 g/mol. The molecule has 0 aromatic carbocycles. The Morgan fingerprint density at radius 3 is 2.76 bits per heavy atom. The van der Waals surface area contributed by atoms with Crippen LogP contribution in [0, 0.1) is 0 Å². The van der Waals surface area contributed by atoms with Crippen LogP contribution in [-0.4, -0.2) is 49.6 Å². The van der Waals surface area contributed by atoms with Gasteiger partial charge in [0.2, 0.25) is 0 Å². The molecule has 5 heteroatoms. The van der Waals surface area contributed by atoms with Crippen LogP contribution in [0.2, 0.25) is 0 Å². The van der Waals surface area contributed by atoms with Crippen molar-refractivity contribution in [3.05, 3.63) is 11.4 Å². The van der Waals surface area contributed by atoms with Crippen LogP contribution in [0.1, 0.15) is 25.7 Å². The second-order valence-electron chi connectivity index (χ2n) is 4.91. The molecule has 0 saturated heterocycles. The van der Waals surface area contributed by atoms with Crippen LogP contribution in [0.25, 0.3) is 0 Å². The fraction of sp³-hybridized carbons (Fsp3) is 0.750. The molecule has 17 heavy (non-hydrogen) atoms. The molecule has 0 atom stereocenters. The van der Waals surface area contributed by atoms with Crippen molar-refractivity contribution in [1.82, 2.24) is 15.3 Å². The third-order valence-corrected chi connectivity index (χ3v) is 3.74. The molecule has 2 aliphatic rings. The molecule has 96 valence electrons. The first-order valence-corrected chi connectivity index (χ1v) is 6.34. The minimum absolute atomic E-state index is 0.595. The maximum Gasteiger partial charge on any atom is 0.108 e. The van der Waals surface area contributed by atoms with E-state index in [9.17, 15) is 0 Å². The van der Waals surface area contributed by atoms with Crippen LogP contribution in [0.4, 0.5) is 0 Å². The third-order valence-electron chi connectivity index (χ3n) is 3.74. The molecule has 0 spiro atoms. The van der Waals surface area contributed by atoms with Crippen molar-refractivity contribution in [2.24, 2.45) is 10.7 Å². The lowest BCUT2D eigenvalue weighted by Crippen LogP contribution is -2.44. The Bertz CT molecular complexity index is 317. The predicted octanol–water partition coefficient (Wildman–Crippen LogP) is 0.509. The number of likely N-dealkylation sites (N-methyl/N-ethyl adjacent to an activating group) is 1. The highest BCUT2D eigenvalue weighted by molar-refractivity contribution is 5.80. The minimum Gasteiger partial charge on any atom is -0.385 e. The second-order valence-corrected chi connectivity index (χ2v) is 4.91. The summed E-state index contributed by atoms with van der Waals surface area (Å²) in [4.78, 5) is 4.20. The zero-order valence-electron chi connectivity index (χ0n) is 10.8. The first-order valence-electron chi connectivity index (χ1n) is 6.34. The van der Waals surface area contributed by atoms with Crippen molar-refractivity contribution >= 4 is 6.21 Å². The zero-order chi connectivity index (χ0) is 12.3. The summed E-state index contributed by atoms with van der Waals surface area (Å²) in [5.74, 6) is 0.756. The number of aliphatic imine (C=N–C) groups is 1. The number of hydrogen-bond donors (Lipinski definition) is 2. The van der Waals surface area contributed by atoms with Crippen molar-refractivity contribution in [3.8, 4) is 0 Å². The van der Waals surface area contributed by atoms with Crippen molar-refractivity contribution in [3.63, 3.8) is 0 Å². The van der Waals surface area contributed by atoms with Crippen LogP contribution in [0.3, 0.4) is 0 Å². The van der Waals surface area contributed by atoms with Crippen molar-refractivity contribution in [1.29, 1.82) is 0 Å². The molecule has 3 N–H and O–H groups in total. The summed E-state index contributed by atoms with van der Waals surface area (Å²) < 4.78 is 0. The molecule has 0 bridgehead atoms. The molecule has 5 nitrogen and oxygen atoms in total. The topological polar surface area (TPSA) is 56.9 Å². The lowest BCUT2D eigenvalue weighted by Gasteiger charge is -2.34. The Kier molecular flexibility index (Phi) is 4.02. The summed E-state index contributed by atoms with van der Waals surface area (Å²) in [6.45, 7) is 1.41. The average Bonchev–Trinajstić information content (AvgIpc) is 2.84. The Morgan fingerprint density at radius 2 is 2.12 bits per heavy atom. The van der Waals surface area contributed by atoms with Gasteiger partial charge >= 0.3 is 0 Å². The standard InChI is InChI=1S/C12H23N5/c1-16(17(2)11-5-3-4-6-11)8-10-7-14-9-15-12(10)13/h7,11,15H,3-6,8-9,13H2,1-2H3. The molecule has 0 unspecified atom stereocenters. The summed E-state index contributed by atoms with van der Waals surface area (Å²) in [5.41, 5.74) is 6.99.